The van der Waals surface area contributed by atoms with Gasteiger partial charge in [0.15, 0.2) is 0 Å². The van der Waals surface area contributed by atoms with E-state index in [2.05, 4.69) is 11.6 Å². The largest absolute Gasteiger partial charge is 0.497 e. The summed E-state index contributed by atoms with van der Waals surface area (Å²) in [6.07, 6.45) is 2.41. The summed E-state index contributed by atoms with van der Waals surface area (Å²) in [7, 11) is 3.24. The first-order chi connectivity index (χ1) is 14.6. The van der Waals surface area contributed by atoms with Gasteiger partial charge in [-0.1, -0.05) is 25.1 Å². The zero-order chi connectivity index (χ0) is 21.5. The van der Waals surface area contributed by atoms with Gasteiger partial charge in [-0.05, 0) is 36.2 Å². The van der Waals surface area contributed by atoms with E-state index in [1.165, 1.54) is 23.5 Å². The molecule has 1 heterocycles. The molecule has 0 saturated carbocycles. The quantitative estimate of drug-likeness (QED) is 0.371. The molecule has 0 atom stereocenters. The molecule has 0 amide bonds. The summed E-state index contributed by atoms with van der Waals surface area (Å²) >= 11 is 1.48. The number of ether oxygens (including phenoxy) is 2. The maximum Gasteiger partial charge on any atom is 0.206 e. The molecule has 156 valence electrons. The average Bonchev–Trinajstić information content (AvgIpc) is 3.18. The molecule has 0 aliphatic rings. The van der Waals surface area contributed by atoms with Crippen LogP contribution in [-0.2, 0) is 0 Å². The first kappa shape index (κ1) is 21.5. The molecular formula is C23H24FN3O2S. The van der Waals surface area contributed by atoms with Crippen LogP contribution < -0.4 is 14.3 Å². The zero-order valence-corrected chi connectivity index (χ0v) is 18.1. The van der Waals surface area contributed by atoms with Crippen molar-refractivity contribution >= 4 is 17.0 Å². The molecule has 0 N–H and O–H groups in total. The van der Waals surface area contributed by atoms with E-state index in [0.717, 1.165) is 27.3 Å². The Balaban J connectivity index is 2.21. The number of hydrogen-bond acceptors (Lipinski definition) is 5. The molecule has 0 aliphatic carbocycles. The number of aromatic nitrogens is 1. The molecular weight excluding hydrogens is 401 g/mol. The molecule has 1 aromatic heterocycles. The standard InChI is InChI=1S/C23H24FN3O2S/c1-5-13-25-23-27(26-20(6-2)16-7-9-17(24)10-8-16)21(15-30-23)19-12-11-18(28-3)14-22(19)29-4/h5,7-12,14-15H,1,6,13H2,2-4H3. The first-order valence-corrected chi connectivity index (χ1v) is 10.4. The second kappa shape index (κ2) is 10.0. The highest BCUT2D eigenvalue weighted by molar-refractivity contribution is 7.07. The van der Waals surface area contributed by atoms with Crippen LogP contribution in [0, 0.1) is 5.82 Å². The Kier molecular flexibility index (Phi) is 7.19. The van der Waals surface area contributed by atoms with Gasteiger partial charge >= 0.3 is 0 Å². The number of hydrogen-bond donors (Lipinski definition) is 0. The molecule has 0 radical (unpaired) electrons. The van der Waals surface area contributed by atoms with E-state index in [9.17, 15) is 4.39 Å². The maximum atomic E-state index is 13.4. The van der Waals surface area contributed by atoms with Crippen LogP contribution >= 0.6 is 11.3 Å². The van der Waals surface area contributed by atoms with Crippen molar-refractivity contribution in [3.05, 3.63) is 76.7 Å². The molecule has 2 aromatic carbocycles. The number of rotatable bonds is 8. The minimum absolute atomic E-state index is 0.275. The predicted octanol–water partition coefficient (Wildman–Crippen LogP) is 5.12. The van der Waals surface area contributed by atoms with E-state index in [-0.39, 0.29) is 5.82 Å². The highest BCUT2D eigenvalue weighted by Gasteiger charge is 2.15. The van der Waals surface area contributed by atoms with Crippen molar-refractivity contribution in [2.45, 2.75) is 13.3 Å². The third kappa shape index (κ3) is 4.68. The van der Waals surface area contributed by atoms with E-state index in [1.807, 2.05) is 30.5 Å². The summed E-state index contributed by atoms with van der Waals surface area (Å²) in [5, 5.41) is 6.88. The fourth-order valence-electron chi connectivity index (χ4n) is 2.94. The summed E-state index contributed by atoms with van der Waals surface area (Å²) in [6, 6.07) is 12.0. The third-order valence-electron chi connectivity index (χ3n) is 4.46. The van der Waals surface area contributed by atoms with Crippen molar-refractivity contribution in [1.29, 1.82) is 0 Å². The topological polar surface area (TPSA) is 48.1 Å². The van der Waals surface area contributed by atoms with Gasteiger partial charge in [-0.15, -0.1) is 17.9 Å². The smallest absolute Gasteiger partial charge is 0.206 e. The van der Waals surface area contributed by atoms with Crippen LogP contribution in [0.3, 0.4) is 0 Å². The summed E-state index contributed by atoms with van der Waals surface area (Å²) < 4.78 is 26.1. The zero-order valence-electron chi connectivity index (χ0n) is 17.3. The van der Waals surface area contributed by atoms with Crippen molar-refractivity contribution in [1.82, 2.24) is 4.68 Å². The van der Waals surface area contributed by atoms with Crippen LogP contribution in [0.25, 0.3) is 11.3 Å². The molecule has 0 unspecified atom stereocenters. The van der Waals surface area contributed by atoms with Gasteiger partial charge in [-0.25, -0.2) is 9.07 Å². The fraction of sp³-hybridized carbons (Fsp3) is 0.217. The van der Waals surface area contributed by atoms with Gasteiger partial charge in [0, 0.05) is 17.0 Å². The molecule has 7 heteroatoms. The molecule has 0 saturated heterocycles. The van der Waals surface area contributed by atoms with Crippen LogP contribution in [-0.4, -0.2) is 31.2 Å². The average molecular weight is 426 g/mol. The summed E-state index contributed by atoms with van der Waals surface area (Å²) in [5.74, 6) is 1.10. The van der Waals surface area contributed by atoms with Crippen molar-refractivity contribution < 1.29 is 13.9 Å². The van der Waals surface area contributed by atoms with E-state index < -0.39 is 0 Å². The van der Waals surface area contributed by atoms with Crippen LogP contribution in [0.15, 0.2) is 70.6 Å². The Labute approximate surface area is 179 Å². The van der Waals surface area contributed by atoms with Crippen molar-refractivity contribution in [2.24, 2.45) is 10.1 Å². The molecule has 0 fully saturated rings. The Bertz CT molecular complexity index is 1110. The highest BCUT2D eigenvalue weighted by atomic mass is 32.1. The fourth-order valence-corrected chi connectivity index (χ4v) is 3.77. The monoisotopic (exact) mass is 425 g/mol. The first-order valence-electron chi connectivity index (χ1n) is 9.49. The van der Waals surface area contributed by atoms with Gasteiger partial charge in [-0.2, -0.15) is 5.10 Å². The highest BCUT2D eigenvalue weighted by Crippen LogP contribution is 2.33. The molecule has 3 rings (SSSR count). The summed E-state index contributed by atoms with van der Waals surface area (Å²) in [5.41, 5.74) is 3.39. The van der Waals surface area contributed by atoms with Gasteiger partial charge in [0.2, 0.25) is 4.80 Å². The van der Waals surface area contributed by atoms with Crippen molar-refractivity contribution in [3.8, 4) is 22.8 Å². The molecule has 0 aliphatic heterocycles. The van der Waals surface area contributed by atoms with E-state index >= 15 is 0 Å². The van der Waals surface area contributed by atoms with E-state index in [4.69, 9.17) is 14.6 Å². The van der Waals surface area contributed by atoms with E-state index in [0.29, 0.717) is 24.5 Å². The predicted molar refractivity (Wildman–Crippen MR) is 120 cm³/mol. The number of methoxy groups -OCH3 is 2. The Hall–Kier alpha value is -3.19. The van der Waals surface area contributed by atoms with Gasteiger partial charge in [0.05, 0.1) is 32.2 Å². The third-order valence-corrected chi connectivity index (χ3v) is 5.31. The maximum absolute atomic E-state index is 13.4. The van der Waals surface area contributed by atoms with Crippen LogP contribution in [0.4, 0.5) is 4.39 Å². The van der Waals surface area contributed by atoms with Crippen LogP contribution in [0.2, 0.25) is 0 Å². The second-order valence-corrected chi connectivity index (χ2v) is 7.15. The SMILES string of the molecule is C=CCN=c1scc(-c2ccc(OC)cc2OC)n1N=C(CC)c1ccc(F)cc1. The lowest BCUT2D eigenvalue weighted by Crippen LogP contribution is -2.15. The van der Waals surface area contributed by atoms with Crippen molar-refractivity contribution in [2.75, 3.05) is 20.8 Å². The van der Waals surface area contributed by atoms with Crippen LogP contribution in [0.5, 0.6) is 11.5 Å². The van der Waals surface area contributed by atoms with Gasteiger partial charge < -0.3 is 9.47 Å². The normalized spacial score (nSPS) is 12.1. The summed E-state index contributed by atoms with van der Waals surface area (Å²) in [4.78, 5) is 5.32. The molecule has 0 bridgehead atoms. The summed E-state index contributed by atoms with van der Waals surface area (Å²) in [6.45, 7) is 6.24. The molecule has 0 spiro atoms. The van der Waals surface area contributed by atoms with Gasteiger partial charge in [0.25, 0.3) is 0 Å². The molecule has 5 nitrogen and oxygen atoms in total. The lowest BCUT2D eigenvalue weighted by Gasteiger charge is -2.12. The number of halogens is 1. The van der Waals surface area contributed by atoms with Crippen LogP contribution in [0.1, 0.15) is 18.9 Å². The van der Waals surface area contributed by atoms with Crippen molar-refractivity contribution in [3.63, 3.8) is 0 Å². The Morgan fingerprint density at radius 1 is 1.17 bits per heavy atom. The molecule has 3 aromatic rings. The Morgan fingerprint density at radius 3 is 2.57 bits per heavy atom. The Morgan fingerprint density at radius 2 is 1.93 bits per heavy atom. The minimum atomic E-state index is -0.275. The lowest BCUT2D eigenvalue weighted by molar-refractivity contribution is 0.395. The molecule has 30 heavy (non-hydrogen) atoms. The minimum Gasteiger partial charge on any atom is -0.497 e. The number of benzene rings is 2. The van der Waals surface area contributed by atoms with Gasteiger partial charge in [-0.3, -0.25) is 4.99 Å². The number of thiazole rings is 1. The van der Waals surface area contributed by atoms with E-state index in [1.54, 1.807) is 37.1 Å². The number of nitrogens with zero attached hydrogens (tertiary/aromatic N) is 3. The van der Waals surface area contributed by atoms with Gasteiger partial charge in [0.1, 0.15) is 17.3 Å². The second-order valence-electron chi connectivity index (χ2n) is 6.32. The lowest BCUT2D eigenvalue weighted by atomic mass is 10.1.